The van der Waals surface area contributed by atoms with E-state index in [1.807, 2.05) is 19.1 Å². The number of carbonyl (C=O) groups excluding carboxylic acids is 1. The molecule has 1 fully saturated rings. The highest BCUT2D eigenvalue weighted by atomic mass is 16.5. The predicted molar refractivity (Wildman–Crippen MR) is 87.7 cm³/mol. The van der Waals surface area contributed by atoms with E-state index in [0.29, 0.717) is 12.0 Å². The second-order valence-corrected chi connectivity index (χ2v) is 6.65. The minimum absolute atomic E-state index is 0.196. The number of amides is 1. The van der Waals surface area contributed by atoms with Crippen molar-refractivity contribution in [3.8, 4) is 0 Å². The Morgan fingerprint density at radius 2 is 2.12 bits per heavy atom. The minimum atomic E-state index is -1.37. The number of para-hydroxylation sites is 1. The molecule has 1 amide bonds. The smallest absolute Gasteiger partial charge is 0.330 e. The average molecular weight is 331 g/mol. The van der Waals surface area contributed by atoms with Crippen molar-refractivity contribution >= 4 is 22.8 Å². The van der Waals surface area contributed by atoms with Crippen LogP contribution in [0.25, 0.3) is 10.9 Å². The number of rotatable bonds is 5. The molecule has 1 saturated carbocycles. The maximum absolute atomic E-state index is 12.7. The molecule has 7 heteroatoms. The van der Waals surface area contributed by atoms with Crippen LogP contribution in [0, 0.1) is 5.41 Å². The number of ether oxygens (including phenoxy) is 1. The van der Waals surface area contributed by atoms with Crippen molar-refractivity contribution in [2.45, 2.75) is 38.8 Å². The molecule has 0 radical (unpaired) electrons. The van der Waals surface area contributed by atoms with Crippen molar-refractivity contribution in [1.29, 1.82) is 0 Å². The summed E-state index contributed by atoms with van der Waals surface area (Å²) in [5.74, 6) is -1.56. The van der Waals surface area contributed by atoms with Crippen molar-refractivity contribution in [3.05, 3.63) is 30.0 Å². The Bertz CT molecular complexity index is 798. The van der Waals surface area contributed by atoms with Crippen LogP contribution >= 0.6 is 0 Å². The monoisotopic (exact) mass is 331 g/mol. The Kier molecular flexibility index (Phi) is 3.83. The van der Waals surface area contributed by atoms with Crippen LogP contribution in [0.1, 0.15) is 37.7 Å². The third-order valence-electron chi connectivity index (χ3n) is 5.14. The number of nitrogens with zero attached hydrogens (tertiary/aromatic N) is 1. The number of carbonyl (C=O) groups is 2. The summed E-state index contributed by atoms with van der Waals surface area (Å²) in [6.07, 6.45) is 0.0203. The first-order valence-corrected chi connectivity index (χ1v) is 7.94. The molecule has 1 aromatic carbocycles. The third kappa shape index (κ3) is 2.19. The highest BCUT2D eigenvalue weighted by Crippen LogP contribution is 2.51. The molecule has 2 atom stereocenters. The van der Waals surface area contributed by atoms with Gasteiger partial charge in [-0.2, -0.15) is 5.10 Å². The molecular weight excluding hydrogens is 310 g/mol. The molecular formula is C17H21N3O4. The number of benzene rings is 1. The average Bonchev–Trinajstić information content (AvgIpc) is 2.97. The van der Waals surface area contributed by atoms with Crippen molar-refractivity contribution in [2.75, 3.05) is 6.61 Å². The number of carboxylic acids is 1. The van der Waals surface area contributed by atoms with Gasteiger partial charge in [-0.25, -0.2) is 4.79 Å². The third-order valence-corrected chi connectivity index (χ3v) is 5.14. The highest BCUT2D eigenvalue weighted by Gasteiger charge is 2.66. The SMILES string of the molecule is CCO[C@@H]1C[C@@](NC(=O)c2n[nH]c3ccccc23)(C(=O)O)C1(C)C. The van der Waals surface area contributed by atoms with E-state index in [-0.39, 0.29) is 18.2 Å². The Balaban J connectivity index is 1.90. The quantitative estimate of drug-likeness (QED) is 0.777. The zero-order chi connectivity index (χ0) is 17.5. The summed E-state index contributed by atoms with van der Waals surface area (Å²) in [4.78, 5) is 24.6. The number of nitrogens with one attached hydrogen (secondary N) is 2. The normalized spacial score (nSPS) is 25.2. The van der Waals surface area contributed by atoms with Crippen LogP contribution in [0.4, 0.5) is 0 Å². The van der Waals surface area contributed by atoms with Crippen LogP contribution in [0.5, 0.6) is 0 Å². The number of hydrogen-bond acceptors (Lipinski definition) is 4. The van der Waals surface area contributed by atoms with Crippen LogP contribution in [-0.4, -0.2) is 45.4 Å². The number of hydrogen-bond donors (Lipinski definition) is 3. The molecule has 0 saturated heterocycles. The molecule has 0 bridgehead atoms. The lowest BCUT2D eigenvalue weighted by Gasteiger charge is -2.58. The van der Waals surface area contributed by atoms with E-state index in [1.165, 1.54) is 0 Å². The van der Waals surface area contributed by atoms with Crippen molar-refractivity contribution < 1.29 is 19.4 Å². The fourth-order valence-corrected chi connectivity index (χ4v) is 3.43. The van der Waals surface area contributed by atoms with Gasteiger partial charge in [-0.05, 0) is 13.0 Å². The zero-order valence-corrected chi connectivity index (χ0v) is 13.9. The summed E-state index contributed by atoms with van der Waals surface area (Å²) in [5, 5.41) is 20.0. The molecule has 0 aliphatic heterocycles. The van der Waals surface area contributed by atoms with E-state index in [9.17, 15) is 14.7 Å². The van der Waals surface area contributed by atoms with Gasteiger partial charge in [0.1, 0.15) is 5.54 Å². The number of aromatic amines is 1. The number of aromatic nitrogens is 2. The lowest BCUT2D eigenvalue weighted by Crippen LogP contribution is -2.76. The van der Waals surface area contributed by atoms with E-state index < -0.39 is 22.8 Å². The molecule has 7 nitrogen and oxygen atoms in total. The lowest BCUT2D eigenvalue weighted by atomic mass is 9.54. The van der Waals surface area contributed by atoms with E-state index in [4.69, 9.17) is 4.74 Å². The largest absolute Gasteiger partial charge is 0.479 e. The maximum Gasteiger partial charge on any atom is 0.330 e. The fraction of sp³-hybridized carbons (Fsp3) is 0.471. The van der Waals surface area contributed by atoms with Crippen LogP contribution in [0.3, 0.4) is 0 Å². The number of aliphatic carboxylic acids is 1. The molecule has 2 aromatic rings. The summed E-state index contributed by atoms with van der Waals surface area (Å²) in [6, 6.07) is 7.23. The van der Waals surface area contributed by atoms with E-state index >= 15 is 0 Å². The van der Waals surface area contributed by atoms with Crippen LogP contribution in [0.2, 0.25) is 0 Å². The molecule has 1 heterocycles. The molecule has 128 valence electrons. The summed E-state index contributed by atoms with van der Waals surface area (Å²) < 4.78 is 5.60. The fourth-order valence-electron chi connectivity index (χ4n) is 3.43. The van der Waals surface area contributed by atoms with Crippen LogP contribution in [-0.2, 0) is 9.53 Å². The van der Waals surface area contributed by atoms with Gasteiger partial charge in [-0.1, -0.05) is 32.0 Å². The standard InChI is InChI=1S/C17H21N3O4/c1-4-24-12-9-17(15(22)23,16(12,2)3)18-14(21)13-10-7-5-6-8-11(10)19-20-13/h5-8,12H,4,9H2,1-3H3,(H,18,21)(H,19,20)(H,22,23)/t12-,17-/m1/s1. The Hall–Kier alpha value is -2.41. The summed E-state index contributed by atoms with van der Waals surface area (Å²) in [7, 11) is 0. The van der Waals surface area contributed by atoms with Gasteiger partial charge in [0.05, 0.1) is 11.6 Å². The van der Waals surface area contributed by atoms with Gasteiger partial charge in [0.15, 0.2) is 5.69 Å². The zero-order valence-electron chi connectivity index (χ0n) is 13.9. The van der Waals surface area contributed by atoms with E-state index in [1.54, 1.807) is 26.0 Å². The van der Waals surface area contributed by atoms with Gasteiger partial charge in [0, 0.05) is 23.8 Å². The van der Waals surface area contributed by atoms with E-state index in [2.05, 4.69) is 15.5 Å². The minimum Gasteiger partial charge on any atom is -0.479 e. The molecule has 1 aliphatic rings. The Morgan fingerprint density at radius 3 is 2.75 bits per heavy atom. The molecule has 3 N–H and O–H groups in total. The summed E-state index contributed by atoms with van der Waals surface area (Å²) in [6.45, 7) is 5.97. The Labute approximate surface area is 139 Å². The summed E-state index contributed by atoms with van der Waals surface area (Å²) >= 11 is 0. The maximum atomic E-state index is 12.7. The van der Waals surface area contributed by atoms with Gasteiger partial charge in [-0.15, -0.1) is 0 Å². The topological polar surface area (TPSA) is 104 Å². The van der Waals surface area contributed by atoms with Crippen molar-refractivity contribution in [2.24, 2.45) is 5.41 Å². The lowest BCUT2D eigenvalue weighted by molar-refractivity contribution is -0.190. The van der Waals surface area contributed by atoms with Crippen LogP contribution < -0.4 is 5.32 Å². The first-order chi connectivity index (χ1) is 11.3. The van der Waals surface area contributed by atoms with Crippen molar-refractivity contribution in [1.82, 2.24) is 15.5 Å². The second-order valence-electron chi connectivity index (χ2n) is 6.65. The highest BCUT2D eigenvalue weighted by molar-refractivity contribution is 6.06. The molecule has 1 aromatic heterocycles. The first-order valence-electron chi connectivity index (χ1n) is 7.94. The molecule has 0 unspecified atom stereocenters. The Morgan fingerprint density at radius 1 is 1.42 bits per heavy atom. The summed E-state index contributed by atoms with van der Waals surface area (Å²) in [5.41, 5.74) is -1.17. The molecule has 0 spiro atoms. The van der Waals surface area contributed by atoms with E-state index in [0.717, 1.165) is 5.52 Å². The molecule has 24 heavy (non-hydrogen) atoms. The van der Waals surface area contributed by atoms with Gasteiger partial charge in [0.25, 0.3) is 5.91 Å². The van der Waals surface area contributed by atoms with Gasteiger partial charge >= 0.3 is 5.97 Å². The number of H-pyrrole nitrogens is 1. The second kappa shape index (κ2) is 5.59. The predicted octanol–water partition coefficient (Wildman–Crippen LogP) is 1.95. The first kappa shape index (κ1) is 16.4. The molecule has 1 aliphatic carbocycles. The van der Waals surface area contributed by atoms with Gasteiger partial charge < -0.3 is 15.2 Å². The van der Waals surface area contributed by atoms with Gasteiger partial charge in [0.2, 0.25) is 0 Å². The number of fused-ring (bicyclic) bond motifs is 1. The van der Waals surface area contributed by atoms with Gasteiger partial charge in [-0.3, -0.25) is 9.89 Å². The number of carboxylic acid groups (broad SMARTS) is 1. The van der Waals surface area contributed by atoms with Crippen molar-refractivity contribution in [3.63, 3.8) is 0 Å². The van der Waals surface area contributed by atoms with Crippen LogP contribution in [0.15, 0.2) is 24.3 Å². The molecule has 3 rings (SSSR count).